The number of hydrogen-bond acceptors (Lipinski definition) is 6. The Balaban J connectivity index is 1.82. The maximum Gasteiger partial charge on any atom is 0.267 e. The molecule has 1 aromatic carbocycles. The Kier molecular flexibility index (Phi) is 7.17. The van der Waals surface area contributed by atoms with Gasteiger partial charge in [0.2, 0.25) is 0 Å². The first-order valence-corrected chi connectivity index (χ1v) is 10.5. The molecule has 7 heteroatoms. The second-order valence-corrected chi connectivity index (χ2v) is 7.82. The van der Waals surface area contributed by atoms with Crippen LogP contribution >= 0.6 is 11.8 Å². The monoisotopic (exact) mass is 415 g/mol. The van der Waals surface area contributed by atoms with Gasteiger partial charge in [-0.05, 0) is 50.1 Å². The van der Waals surface area contributed by atoms with Crippen LogP contribution in [0.5, 0.6) is 5.75 Å². The normalized spacial score (nSPS) is 14.4. The minimum atomic E-state index is -0.272. The number of amides is 2. The third kappa shape index (κ3) is 5.10. The highest BCUT2D eigenvalue weighted by Gasteiger charge is 2.38. The fourth-order valence-electron chi connectivity index (χ4n) is 2.98. The largest absolute Gasteiger partial charge is 0.497 e. The zero-order valence-electron chi connectivity index (χ0n) is 16.8. The van der Waals surface area contributed by atoms with Crippen molar-refractivity contribution in [1.29, 1.82) is 0 Å². The highest BCUT2D eigenvalue weighted by molar-refractivity contribution is 8.03. The lowest BCUT2D eigenvalue weighted by Crippen LogP contribution is -2.33. The predicted octanol–water partition coefficient (Wildman–Crippen LogP) is 4.12. The van der Waals surface area contributed by atoms with Crippen LogP contribution in [-0.4, -0.2) is 43.1 Å². The number of hydrogen-bond donors (Lipinski definition) is 0. The van der Waals surface area contributed by atoms with E-state index in [0.29, 0.717) is 47.1 Å². The quantitative estimate of drug-likeness (QED) is 0.430. The van der Waals surface area contributed by atoms with Crippen LogP contribution in [0.2, 0.25) is 0 Å². The number of ether oxygens (including phenoxy) is 2. The van der Waals surface area contributed by atoms with Gasteiger partial charge < -0.3 is 13.9 Å². The molecule has 3 rings (SSSR count). The first-order chi connectivity index (χ1) is 14.0. The van der Waals surface area contributed by atoms with Crippen molar-refractivity contribution in [1.82, 2.24) is 4.90 Å². The number of carbonyl (C=O) groups is 2. The maximum absolute atomic E-state index is 13.1. The average molecular weight is 416 g/mol. The minimum absolute atomic E-state index is 0.118. The molecule has 0 spiro atoms. The summed E-state index contributed by atoms with van der Waals surface area (Å²) in [5.41, 5.74) is 1.13. The molecule has 0 saturated heterocycles. The summed E-state index contributed by atoms with van der Waals surface area (Å²) >= 11 is 1.33. The van der Waals surface area contributed by atoms with Gasteiger partial charge in [0.25, 0.3) is 11.8 Å². The molecule has 2 amide bonds. The van der Waals surface area contributed by atoms with Crippen LogP contribution in [0.3, 0.4) is 0 Å². The van der Waals surface area contributed by atoms with Crippen molar-refractivity contribution in [2.45, 2.75) is 32.1 Å². The molecule has 0 atom stereocenters. The van der Waals surface area contributed by atoms with E-state index >= 15 is 0 Å². The van der Waals surface area contributed by atoms with Crippen LogP contribution < -0.4 is 4.74 Å². The molecule has 0 radical (unpaired) electrons. The van der Waals surface area contributed by atoms with Gasteiger partial charge in [-0.15, -0.1) is 11.8 Å². The third-order valence-electron chi connectivity index (χ3n) is 4.42. The third-order valence-corrected chi connectivity index (χ3v) is 5.52. The lowest BCUT2D eigenvalue weighted by molar-refractivity contribution is -0.136. The number of methoxy groups -OCH3 is 1. The summed E-state index contributed by atoms with van der Waals surface area (Å²) in [5.74, 6) is 1.39. The summed E-state index contributed by atoms with van der Waals surface area (Å²) in [5, 5.41) is 0. The lowest BCUT2D eigenvalue weighted by atomic mass is 10.1. The molecule has 0 N–H and O–H groups in total. The first kappa shape index (κ1) is 21.2. The van der Waals surface area contributed by atoms with Crippen molar-refractivity contribution >= 4 is 29.1 Å². The molecule has 6 nitrogen and oxygen atoms in total. The number of rotatable bonds is 10. The Hall–Kier alpha value is -2.51. The molecule has 0 unspecified atom stereocenters. The van der Waals surface area contributed by atoms with E-state index in [9.17, 15) is 9.59 Å². The average Bonchev–Trinajstić information content (AvgIpc) is 3.31. The topological polar surface area (TPSA) is 69.0 Å². The van der Waals surface area contributed by atoms with Crippen molar-refractivity contribution in [2.24, 2.45) is 0 Å². The van der Waals surface area contributed by atoms with E-state index in [1.807, 2.05) is 19.9 Å². The Morgan fingerprint density at radius 3 is 2.48 bits per heavy atom. The van der Waals surface area contributed by atoms with Crippen LogP contribution in [0.25, 0.3) is 5.57 Å². The van der Waals surface area contributed by atoms with E-state index in [0.717, 1.165) is 5.76 Å². The summed E-state index contributed by atoms with van der Waals surface area (Å²) in [4.78, 5) is 27.9. The Labute approximate surface area is 174 Å². The molecule has 1 aromatic heterocycles. The van der Waals surface area contributed by atoms with Gasteiger partial charge in [0.1, 0.15) is 11.5 Å². The van der Waals surface area contributed by atoms with Gasteiger partial charge in [0.15, 0.2) is 0 Å². The van der Waals surface area contributed by atoms with Crippen molar-refractivity contribution in [3.8, 4) is 5.75 Å². The highest BCUT2D eigenvalue weighted by Crippen LogP contribution is 2.38. The van der Waals surface area contributed by atoms with Crippen molar-refractivity contribution in [3.63, 3.8) is 0 Å². The summed E-state index contributed by atoms with van der Waals surface area (Å²) in [6, 6.07) is 10.8. The fourth-order valence-corrected chi connectivity index (χ4v) is 4.02. The minimum Gasteiger partial charge on any atom is -0.497 e. The Bertz CT molecular complexity index is 871. The van der Waals surface area contributed by atoms with Gasteiger partial charge in [-0.2, -0.15) is 0 Å². The van der Waals surface area contributed by atoms with E-state index in [4.69, 9.17) is 13.9 Å². The second-order valence-electron chi connectivity index (χ2n) is 6.84. The summed E-state index contributed by atoms with van der Waals surface area (Å²) in [6.07, 6.45) is 2.31. The zero-order chi connectivity index (χ0) is 20.8. The number of benzene rings is 1. The van der Waals surface area contributed by atoms with E-state index in [-0.39, 0.29) is 17.9 Å². The van der Waals surface area contributed by atoms with Gasteiger partial charge in [-0.25, -0.2) is 0 Å². The smallest absolute Gasteiger partial charge is 0.267 e. The molecular formula is C22H25NO5S. The lowest BCUT2D eigenvalue weighted by Gasteiger charge is -2.15. The first-order valence-electron chi connectivity index (χ1n) is 9.53. The molecular weight excluding hydrogens is 390 g/mol. The van der Waals surface area contributed by atoms with E-state index < -0.39 is 0 Å². The Morgan fingerprint density at radius 1 is 1.10 bits per heavy atom. The molecule has 154 valence electrons. The molecule has 2 aromatic rings. The van der Waals surface area contributed by atoms with Gasteiger partial charge in [0.05, 0.1) is 35.7 Å². The zero-order valence-corrected chi connectivity index (χ0v) is 17.7. The predicted molar refractivity (Wildman–Crippen MR) is 112 cm³/mol. The standard InChI is InChI=1S/C22H25NO5S/c1-15(2)27-13-5-11-23-21(24)19(16-7-9-17(26-3)10-8-16)20(22(23)25)29-14-18-6-4-12-28-18/h4,6-10,12,15H,5,11,13-14H2,1-3H3. The highest BCUT2D eigenvalue weighted by atomic mass is 32.2. The molecule has 0 aliphatic carbocycles. The Morgan fingerprint density at radius 2 is 1.86 bits per heavy atom. The molecule has 0 fully saturated rings. The van der Waals surface area contributed by atoms with Crippen molar-refractivity contribution < 1.29 is 23.5 Å². The van der Waals surface area contributed by atoms with Crippen LogP contribution in [-0.2, 0) is 20.1 Å². The summed E-state index contributed by atoms with van der Waals surface area (Å²) < 4.78 is 16.1. The molecule has 1 aliphatic rings. The van der Waals surface area contributed by atoms with Crippen LogP contribution in [0.4, 0.5) is 0 Å². The van der Waals surface area contributed by atoms with Crippen LogP contribution in [0.15, 0.2) is 52.0 Å². The van der Waals surface area contributed by atoms with Crippen LogP contribution in [0.1, 0.15) is 31.6 Å². The molecule has 1 aliphatic heterocycles. The summed E-state index contributed by atoms with van der Waals surface area (Å²) in [6.45, 7) is 4.74. The number of furan rings is 1. The SMILES string of the molecule is COc1ccc(C2=C(SCc3ccco3)C(=O)N(CCCOC(C)C)C2=O)cc1. The second kappa shape index (κ2) is 9.80. The number of nitrogens with zero attached hydrogens (tertiary/aromatic N) is 1. The van der Waals surface area contributed by atoms with Crippen molar-refractivity contribution in [3.05, 3.63) is 58.9 Å². The van der Waals surface area contributed by atoms with Gasteiger partial charge in [-0.1, -0.05) is 12.1 Å². The van der Waals surface area contributed by atoms with Crippen LogP contribution in [0, 0.1) is 0 Å². The van der Waals surface area contributed by atoms with Gasteiger partial charge in [0, 0.05) is 13.2 Å². The molecule has 0 saturated carbocycles. The van der Waals surface area contributed by atoms with E-state index in [2.05, 4.69) is 0 Å². The summed E-state index contributed by atoms with van der Waals surface area (Å²) in [7, 11) is 1.59. The number of carbonyl (C=O) groups excluding carboxylic acids is 2. The molecule has 2 heterocycles. The molecule has 29 heavy (non-hydrogen) atoms. The van der Waals surface area contributed by atoms with Crippen molar-refractivity contribution in [2.75, 3.05) is 20.3 Å². The van der Waals surface area contributed by atoms with E-state index in [1.165, 1.54) is 16.7 Å². The van der Waals surface area contributed by atoms with Gasteiger partial charge >= 0.3 is 0 Å². The number of imide groups is 1. The van der Waals surface area contributed by atoms with E-state index in [1.54, 1.807) is 43.7 Å². The number of thioether (sulfide) groups is 1. The molecule has 0 bridgehead atoms. The van der Waals surface area contributed by atoms with Gasteiger partial charge in [-0.3, -0.25) is 14.5 Å². The maximum atomic E-state index is 13.1. The fraction of sp³-hybridized carbons (Fsp3) is 0.364.